The first-order valence-electron chi connectivity index (χ1n) is 12.3. The lowest BCUT2D eigenvalue weighted by molar-refractivity contribution is -0.136. The van der Waals surface area contributed by atoms with Gasteiger partial charge >= 0.3 is 11.8 Å². The van der Waals surface area contributed by atoms with Crippen molar-refractivity contribution in [1.29, 1.82) is 0 Å². The second-order valence-electron chi connectivity index (χ2n) is 8.88. The fraction of sp³-hybridized carbons (Fsp3) is 0.625. The number of aromatic nitrogens is 4. The predicted octanol–water partition coefficient (Wildman–Crippen LogP) is 3.55. The van der Waals surface area contributed by atoms with Gasteiger partial charge < -0.3 is 10.6 Å². The summed E-state index contributed by atoms with van der Waals surface area (Å²) in [5.74, 6) is -0.928. The number of nitrogens with one attached hydrogen (secondary N) is 3. The third kappa shape index (κ3) is 7.54. The Morgan fingerprint density at radius 3 is 2.21 bits per heavy atom. The maximum atomic E-state index is 12.7. The molecule has 33 heavy (non-hydrogen) atoms. The molecule has 9 nitrogen and oxygen atoms in total. The zero-order valence-corrected chi connectivity index (χ0v) is 19.8. The zero-order valence-electron chi connectivity index (χ0n) is 19.8. The maximum Gasteiger partial charge on any atom is 0.314 e. The number of H-pyrrole nitrogens is 1. The molecule has 0 spiro atoms. The molecule has 1 aliphatic rings. The summed E-state index contributed by atoms with van der Waals surface area (Å²) in [7, 11) is 0. The number of amides is 2. The van der Waals surface area contributed by atoms with Gasteiger partial charge in [-0.05, 0) is 26.2 Å². The Morgan fingerprint density at radius 1 is 1.00 bits per heavy atom. The van der Waals surface area contributed by atoms with Gasteiger partial charge in [0.25, 0.3) is 5.56 Å². The minimum absolute atomic E-state index is 0.00794. The van der Waals surface area contributed by atoms with Crippen molar-refractivity contribution >= 4 is 17.6 Å². The first kappa shape index (κ1) is 24.7. The topological polar surface area (TPSA) is 122 Å². The summed E-state index contributed by atoms with van der Waals surface area (Å²) in [6.45, 7) is 3.66. The van der Waals surface area contributed by atoms with Crippen LogP contribution >= 0.6 is 0 Å². The summed E-state index contributed by atoms with van der Waals surface area (Å²) >= 11 is 0. The lowest BCUT2D eigenvalue weighted by Gasteiger charge is -2.19. The molecule has 3 rings (SSSR count). The van der Waals surface area contributed by atoms with E-state index in [2.05, 4.69) is 25.7 Å². The minimum Gasteiger partial charge on any atom is -0.345 e. The highest BCUT2D eigenvalue weighted by molar-refractivity contribution is 6.39. The molecule has 0 aromatic carbocycles. The third-order valence-electron chi connectivity index (χ3n) is 6.06. The number of anilines is 1. The van der Waals surface area contributed by atoms with Crippen molar-refractivity contribution in [3.63, 3.8) is 0 Å². The van der Waals surface area contributed by atoms with E-state index in [0.29, 0.717) is 17.8 Å². The van der Waals surface area contributed by atoms with Gasteiger partial charge in [0.05, 0.1) is 5.69 Å². The van der Waals surface area contributed by atoms with E-state index < -0.39 is 11.8 Å². The third-order valence-corrected chi connectivity index (χ3v) is 6.06. The van der Waals surface area contributed by atoms with Crippen molar-refractivity contribution in [2.24, 2.45) is 0 Å². The van der Waals surface area contributed by atoms with E-state index in [0.717, 1.165) is 25.7 Å². The second-order valence-corrected chi connectivity index (χ2v) is 8.88. The van der Waals surface area contributed by atoms with E-state index in [1.807, 2.05) is 6.92 Å². The Kier molecular flexibility index (Phi) is 9.21. The summed E-state index contributed by atoms with van der Waals surface area (Å²) < 4.78 is 1.34. The Hall–Kier alpha value is -2.97. The van der Waals surface area contributed by atoms with Crippen LogP contribution in [0.4, 0.5) is 5.82 Å². The molecule has 180 valence electrons. The molecule has 2 aromatic heterocycles. The molecule has 2 aromatic rings. The van der Waals surface area contributed by atoms with Crippen LogP contribution < -0.4 is 16.2 Å². The van der Waals surface area contributed by atoms with E-state index in [1.54, 1.807) is 13.0 Å². The molecule has 1 saturated carbocycles. The van der Waals surface area contributed by atoms with Gasteiger partial charge in [-0.1, -0.05) is 64.7 Å². The van der Waals surface area contributed by atoms with Crippen molar-refractivity contribution < 1.29 is 9.59 Å². The lowest BCUT2D eigenvalue weighted by Crippen LogP contribution is -2.42. The molecule has 9 heteroatoms. The molecule has 0 atom stereocenters. The van der Waals surface area contributed by atoms with Crippen LogP contribution in [0, 0.1) is 6.92 Å². The van der Waals surface area contributed by atoms with Crippen LogP contribution in [0.5, 0.6) is 0 Å². The smallest absolute Gasteiger partial charge is 0.314 e. The van der Waals surface area contributed by atoms with Crippen molar-refractivity contribution in [2.75, 3.05) is 5.32 Å². The van der Waals surface area contributed by atoms with Gasteiger partial charge in [0.1, 0.15) is 5.82 Å². The average Bonchev–Trinajstić information content (AvgIpc) is 3.15. The highest BCUT2D eigenvalue weighted by Gasteiger charge is 2.21. The molecular weight excluding hydrogens is 420 g/mol. The number of rotatable bonds is 4. The molecule has 0 radical (unpaired) electrons. The Bertz CT molecular complexity index is 984. The van der Waals surface area contributed by atoms with Crippen LogP contribution in [0.1, 0.15) is 88.9 Å². The van der Waals surface area contributed by atoms with E-state index in [9.17, 15) is 14.4 Å². The normalized spacial score (nSPS) is 16.4. The molecule has 0 unspecified atom stereocenters. The van der Waals surface area contributed by atoms with E-state index in [1.165, 1.54) is 55.7 Å². The van der Waals surface area contributed by atoms with Crippen LogP contribution in [0.3, 0.4) is 0 Å². The van der Waals surface area contributed by atoms with Crippen LogP contribution in [-0.2, 0) is 16.0 Å². The van der Waals surface area contributed by atoms with Crippen molar-refractivity contribution in [3.8, 4) is 5.95 Å². The van der Waals surface area contributed by atoms with Crippen LogP contribution in [-0.4, -0.2) is 37.6 Å². The Labute approximate surface area is 194 Å². The number of nitrogens with zero attached hydrogens (tertiary/aromatic N) is 3. The Balaban J connectivity index is 1.66. The van der Waals surface area contributed by atoms with Gasteiger partial charge in [-0.25, -0.2) is 4.98 Å². The highest BCUT2D eigenvalue weighted by Crippen LogP contribution is 2.18. The molecule has 0 bridgehead atoms. The molecule has 3 N–H and O–H groups in total. The maximum absolute atomic E-state index is 12.7. The minimum atomic E-state index is -0.753. The number of aromatic amines is 1. The number of carbonyl (C=O) groups is 2. The number of hydrogen-bond acceptors (Lipinski definition) is 5. The molecule has 1 fully saturated rings. The van der Waals surface area contributed by atoms with Gasteiger partial charge in [0.2, 0.25) is 5.95 Å². The summed E-state index contributed by atoms with van der Waals surface area (Å²) in [6, 6.07) is 3.07. The van der Waals surface area contributed by atoms with Gasteiger partial charge in [-0.2, -0.15) is 9.78 Å². The first-order valence-corrected chi connectivity index (χ1v) is 12.3. The Morgan fingerprint density at radius 2 is 1.61 bits per heavy atom. The average molecular weight is 457 g/mol. The number of carbonyl (C=O) groups excluding carboxylic acids is 2. The van der Waals surface area contributed by atoms with Crippen molar-refractivity contribution in [3.05, 3.63) is 33.9 Å². The molecular formula is C24H36N6O3. The number of aryl methyl sites for hydroxylation is 2. The fourth-order valence-corrected chi connectivity index (χ4v) is 4.26. The summed E-state index contributed by atoms with van der Waals surface area (Å²) in [5.41, 5.74) is 0.927. The van der Waals surface area contributed by atoms with Gasteiger partial charge in [0, 0.05) is 23.9 Å². The predicted molar refractivity (Wildman–Crippen MR) is 127 cm³/mol. The highest BCUT2D eigenvalue weighted by atomic mass is 16.2. The van der Waals surface area contributed by atoms with Crippen LogP contribution in [0.25, 0.3) is 5.95 Å². The van der Waals surface area contributed by atoms with E-state index in [-0.39, 0.29) is 23.4 Å². The molecule has 1 aliphatic carbocycles. The zero-order chi connectivity index (χ0) is 23.6. The van der Waals surface area contributed by atoms with Crippen LogP contribution in [0.15, 0.2) is 16.9 Å². The molecule has 0 aliphatic heterocycles. The molecule has 0 saturated heterocycles. The summed E-state index contributed by atoms with van der Waals surface area (Å²) in [6.07, 6.45) is 13.2. The monoisotopic (exact) mass is 456 g/mol. The summed E-state index contributed by atoms with van der Waals surface area (Å²) in [4.78, 5) is 44.3. The standard InChI is InChI=1S/C24H36N6O3/c1-3-18-16-21(31)28-24(26-18)30-20(15-17(2)29-30)27-23(33)22(32)25-19-13-11-9-7-5-4-6-8-10-12-14-19/h15-16,19H,3-14H2,1-2H3,(H,25,32)(H,27,33)(H,26,28,31). The summed E-state index contributed by atoms with van der Waals surface area (Å²) in [5, 5.41) is 9.88. The molecule has 2 amide bonds. The second kappa shape index (κ2) is 12.3. The number of hydrogen-bond donors (Lipinski definition) is 3. The van der Waals surface area contributed by atoms with E-state index >= 15 is 0 Å². The van der Waals surface area contributed by atoms with E-state index in [4.69, 9.17) is 0 Å². The van der Waals surface area contributed by atoms with Crippen LogP contribution in [0.2, 0.25) is 0 Å². The van der Waals surface area contributed by atoms with Gasteiger partial charge in [-0.3, -0.25) is 19.4 Å². The van der Waals surface area contributed by atoms with Crippen molar-refractivity contribution in [1.82, 2.24) is 25.1 Å². The SMILES string of the molecule is CCc1cc(=O)[nH]c(-n2nc(C)cc2NC(=O)C(=O)NC2CCCCCCCCCCC2)n1. The largest absolute Gasteiger partial charge is 0.345 e. The van der Waals surface area contributed by atoms with Crippen molar-refractivity contribution in [2.45, 2.75) is 96.9 Å². The fourth-order valence-electron chi connectivity index (χ4n) is 4.26. The first-order chi connectivity index (χ1) is 16.0. The van der Waals surface area contributed by atoms with Gasteiger partial charge in [-0.15, -0.1) is 0 Å². The lowest BCUT2D eigenvalue weighted by atomic mass is 9.98. The molecule has 2 heterocycles. The quantitative estimate of drug-likeness (QED) is 0.607. The van der Waals surface area contributed by atoms with Gasteiger partial charge in [0.15, 0.2) is 0 Å².